The summed E-state index contributed by atoms with van der Waals surface area (Å²) in [5, 5.41) is 2.86. The first-order valence-electron chi connectivity index (χ1n) is 6.12. The van der Waals surface area contributed by atoms with Crippen LogP contribution in [-0.4, -0.2) is 34.8 Å². The maximum atomic E-state index is 12.4. The van der Waals surface area contributed by atoms with Gasteiger partial charge in [-0.3, -0.25) is 9.59 Å². The largest absolute Gasteiger partial charge is 0.340 e. The highest BCUT2D eigenvalue weighted by atomic mass is 16.2. The number of hydrogen-bond donors (Lipinski definition) is 1. The Kier molecular flexibility index (Phi) is 3.94. The zero-order chi connectivity index (χ0) is 12.3. The number of carbonyl (C=O) groups excluding carboxylic acids is 2. The van der Waals surface area contributed by atoms with Crippen molar-refractivity contribution < 1.29 is 9.59 Å². The lowest BCUT2D eigenvalue weighted by Gasteiger charge is -2.43. The van der Waals surface area contributed by atoms with Gasteiger partial charge >= 0.3 is 0 Å². The van der Waals surface area contributed by atoms with Gasteiger partial charge in [0.25, 0.3) is 0 Å². The van der Waals surface area contributed by atoms with Crippen molar-refractivity contribution >= 4 is 11.8 Å². The predicted octanol–water partition coefficient (Wildman–Crippen LogP) is 1.30. The molecule has 0 aromatic heterocycles. The fourth-order valence-corrected chi connectivity index (χ4v) is 2.17. The van der Waals surface area contributed by atoms with Gasteiger partial charge in [-0.25, -0.2) is 0 Å². The quantitative estimate of drug-likeness (QED) is 0.785. The minimum Gasteiger partial charge on any atom is -0.340 e. The molecule has 0 spiro atoms. The van der Waals surface area contributed by atoms with Gasteiger partial charge in [0.05, 0.1) is 6.54 Å². The number of nitrogens with one attached hydrogen (secondary N) is 1. The van der Waals surface area contributed by atoms with Gasteiger partial charge in [-0.1, -0.05) is 20.8 Å². The molecule has 1 rings (SSSR count). The van der Waals surface area contributed by atoms with Crippen LogP contribution in [0.25, 0.3) is 0 Å². The Morgan fingerprint density at radius 3 is 2.31 bits per heavy atom. The van der Waals surface area contributed by atoms with Crippen molar-refractivity contribution in [3.63, 3.8) is 0 Å². The Bertz CT molecular complexity index is 285. The predicted molar refractivity (Wildman–Crippen MR) is 62.9 cm³/mol. The molecule has 1 unspecified atom stereocenters. The smallest absolute Gasteiger partial charge is 0.249 e. The molecule has 1 saturated heterocycles. The van der Waals surface area contributed by atoms with Crippen molar-refractivity contribution in [2.75, 3.05) is 6.54 Å². The molecule has 0 aliphatic carbocycles. The molecule has 92 valence electrons. The first kappa shape index (κ1) is 13.0. The van der Waals surface area contributed by atoms with E-state index in [1.807, 2.05) is 27.7 Å². The number of rotatable bonds is 4. The van der Waals surface area contributed by atoms with Gasteiger partial charge in [-0.05, 0) is 26.2 Å². The van der Waals surface area contributed by atoms with Gasteiger partial charge < -0.3 is 10.2 Å². The van der Waals surface area contributed by atoms with Crippen molar-refractivity contribution in [2.45, 2.75) is 58.5 Å². The van der Waals surface area contributed by atoms with Crippen LogP contribution in [0, 0.1) is 0 Å². The van der Waals surface area contributed by atoms with Crippen LogP contribution in [0.1, 0.15) is 47.0 Å². The number of hydrogen-bond acceptors (Lipinski definition) is 2. The van der Waals surface area contributed by atoms with Crippen molar-refractivity contribution in [1.29, 1.82) is 0 Å². The molecular formula is C12H22N2O2. The molecule has 1 aliphatic rings. The van der Waals surface area contributed by atoms with Crippen LogP contribution in [0.15, 0.2) is 0 Å². The summed E-state index contributed by atoms with van der Waals surface area (Å²) in [7, 11) is 0. The average molecular weight is 226 g/mol. The summed E-state index contributed by atoms with van der Waals surface area (Å²) in [6, 6.07) is 0.135. The Balaban J connectivity index is 2.98. The number of piperazine rings is 1. The number of amides is 2. The van der Waals surface area contributed by atoms with Gasteiger partial charge in [0, 0.05) is 6.04 Å². The first-order chi connectivity index (χ1) is 7.50. The molecule has 0 saturated carbocycles. The van der Waals surface area contributed by atoms with E-state index >= 15 is 0 Å². The maximum absolute atomic E-state index is 12.4. The fraction of sp³-hybridized carbons (Fsp3) is 0.833. The van der Waals surface area contributed by atoms with E-state index in [0.717, 1.165) is 6.42 Å². The van der Waals surface area contributed by atoms with Crippen LogP contribution in [0.3, 0.4) is 0 Å². The van der Waals surface area contributed by atoms with Crippen molar-refractivity contribution in [3.8, 4) is 0 Å². The molecule has 1 fully saturated rings. The van der Waals surface area contributed by atoms with Crippen molar-refractivity contribution in [2.24, 2.45) is 0 Å². The average Bonchev–Trinajstić information content (AvgIpc) is 2.30. The summed E-state index contributed by atoms with van der Waals surface area (Å²) in [5.74, 6) is 0.0371. The minimum absolute atomic E-state index is 0.0383. The van der Waals surface area contributed by atoms with Crippen LogP contribution in [0.4, 0.5) is 0 Å². The summed E-state index contributed by atoms with van der Waals surface area (Å²) in [6.45, 7) is 8.12. The minimum atomic E-state index is -0.668. The summed E-state index contributed by atoms with van der Waals surface area (Å²) in [5.41, 5.74) is -0.668. The zero-order valence-electron chi connectivity index (χ0n) is 10.7. The Morgan fingerprint density at radius 1 is 1.31 bits per heavy atom. The zero-order valence-corrected chi connectivity index (χ0v) is 10.7. The summed E-state index contributed by atoms with van der Waals surface area (Å²) >= 11 is 0. The van der Waals surface area contributed by atoms with E-state index in [0.29, 0.717) is 12.8 Å². The summed E-state index contributed by atoms with van der Waals surface area (Å²) in [4.78, 5) is 25.7. The molecule has 16 heavy (non-hydrogen) atoms. The highest BCUT2D eigenvalue weighted by Gasteiger charge is 2.44. The van der Waals surface area contributed by atoms with E-state index < -0.39 is 5.54 Å². The van der Waals surface area contributed by atoms with E-state index in [1.165, 1.54) is 0 Å². The fourth-order valence-electron chi connectivity index (χ4n) is 2.17. The molecule has 0 bridgehead atoms. The highest BCUT2D eigenvalue weighted by Crippen LogP contribution is 2.24. The van der Waals surface area contributed by atoms with Crippen molar-refractivity contribution in [1.82, 2.24) is 10.2 Å². The molecule has 1 aliphatic heterocycles. The molecule has 0 aromatic rings. The molecule has 1 heterocycles. The van der Waals surface area contributed by atoms with Crippen LogP contribution >= 0.6 is 0 Å². The molecule has 1 N–H and O–H groups in total. The van der Waals surface area contributed by atoms with Crippen LogP contribution < -0.4 is 5.32 Å². The Labute approximate surface area is 97.4 Å². The topological polar surface area (TPSA) is 49.4 Å². The van der Waals surface area contributed by atoms with Gasteiger partial charge in [-0.2, -0.15) is 0 Å². The molecule has 1 atom stereocenters. The highest BCUT2D eigenvalue weighted by molar-refractivity contribution is 5.98. The molecule has 4 heteroatoms. The summed E-state index contributed by atoms with van der Waals surface area (Å²) < 4.78 is 0. The van der Waals surface area contributed by atoms with E-state index in [-0.39, 0.29) is 24.4 Å². The second-order valence-electron chi connectivity index (χ2n) is 4.53. The van der Waals surface area contributed by atoms with Crippen LogP contribution in [-0.2, 0) is 9.59 Å². The molecular weight excluding hydrogens is 204 g/mol. The normalized spacial score (nSPS) is 21.9. The van der Waals surface area contributed by atoms with Crippen LogP contribution in [0.2, 0.25) is 0 Å². The van der Waals surface area contributed by atoms with Gasteiger partial charge in [0.1, 0.15) is 5.54 Å². The second-order valence-corrected chi connectivity index (χ2v) is 4.53. The van der Waals surface area contributed by atoms with Gasteiger partial charge in [0.2, 0.25) is 11.8 Å². The Hall–Kier alpha value is -1.06. The van der Waals surface area contributed by atoms with Crippen LogP contribution in [0.5, 0.6) is 0 Å². The monoisotopic (exact) mass is 226 g/mol. The SMILES string of the molecule is CCC(C)N1CC(=O)NC(CC)(CC)C1=O. The van der Waals surface area contributed by atoms with Crippen molar-refractivity contribution in [3.05, 3.63) is 0 Å². The molecule has 0 aromatic carbocycles. The molecule has 2 amide bonds. The lowest BCUT2D eigenvalue weighted by Crippen LogP contribution is -2.67. The van der Waals surface area contributed by atoms with E-state index in [1.54, 1.807) is 4.90 Å². The maximum Gasteiger partial charge on any atom is 0.249 e. The summed E-state index contributed by atoms with van der Waals surface area (Å²) in [6.07, 6.45) is 2.19. The molecule has 0 radical (unpaired) electrons. The number of carbonyl (C=O) groups is 2. The van der Waals surface area contributed by atoms with E-state index in [9.17, 15) is 9.59 Å². The third-order valence-electron chi connectivity index (χ3n) is 3.69. The third kappa shape index (κ3) is 2.06. The molecule has 4 nitrogen and oxygen atoms in total. The first-order valence-corrected chi connectivity index (χ1v) is 6.12. The lowest BCUT2D eigenvalue weighted by molar-refractivity contribution is -0.152. The third-order valence-corrected chi connectivity index (χ3v) is 3.69. The Morgan fingerprint density at radius 2 is 1.88 bits per heavy atom. The van der Waals surface area contributed by atoms with E-state index in [4.69, 9.17) is 0 Å². The van der Waals surface area contributed by atoms with Gasteiger partial charge in [0.15, 0.2) is 0 Å². The standard InChI is InChI=1S/C12H22N2O2/c1-5-9(4)14-8-10(15)13-12(6-2,7-3)11(14)16/h9H,5-8H2,1-4H3,(H,13,15). The lowest BCUT2D eigenvalue weighted by atomic mass is 9.88. The number of nitrogens with zero attached hydrogens (tertiary/aromatic N) is 1. The van der Waals surface area contributed by atoms with Gasteiger partial charge in [-0.15, -0.1) is 0 Å². The second kappa shape index (κ2) is 4.85. The van der Waals surface area contributed by atoms with E-state index in [2.05, 4.69) is 5.32 Å².